The molecule has 0 aliphatic carbocycles. The van der Waals surface area contributed by atoms with Crippen LogP contribution in [0.2, 0.25) is 0 Å². The quantitative estimate of drug-likeness (QED) is 0.756. The molecule has 0 fully saturated rings. The molecular formula is C12H20N4O2. The molecule has 6 heteroatoms. The van der Waals surface area contributed by atoms with Crippen molar-refractivity contribution in [1.29, 1.82) is 0 Å². The first-order valence-electron chi connectivity index (χ1n) is 6.26. The summed E-state index contributed by atoms with van der Waals surface area (Å²) in [6.07, 6.45) is 1.82. The fraction of sp³-hybridized carbons (Fsp3) is 0.667. The van der Waals surface area contributed by atoms with Gasteiger partial charge < -0.3 is 10.4 Å². The number of hydrogen-bond donors (Lipinski definition) is 2. The number of nitrogens with zero attached hydrogens (tertiary/aromatic N) is 3. The Labute approximate surface area is 107 Å². The van der Waals surface area contributed by atoms with Gasteiger partial charge in [-0.2, -0.15) is 5.10 Å². The van der Waals surface area contributed by atoms with E-state index in [4.69, 9.17) is 5.11 Å². The molecule has 2 rings (SSSR count). The van der Waals surface area contributed by atoms with Crippen LogP contribution in [0.4, 0.5) is 0 Å². The van der Waals surface area contributed by atoms with E-state index in [2.05, 4.69) is 15.3 Å². The first kappa shape index (κ1) is 13.0. The number of hydrogen-bond acceptors (Lipinski definition) is 4. The number of carbonyl (C=O) groups excluding carboxylic acids is 1. The Morgan fingerprint density at radius 2 is 2.33 bits per heavy atom. The zero-order chi connectivity index (χ0) is 13.1. The summed E-state index contributed by atoms with van der Waals surface area (Å²) < 4.78 is 1.82. The van der Waals surface area contributed by atoms with Crippen molar-refractivity contribution in [2.45, 2.75) is 39.5 Å². The van der Waals surface area contributed by atoms with E-state index in [1.54, 1.807) is 0 Å². The van der Waals surface area contributed by atoms with Crippen LogP contribution < -0.4 is 5.32 Å². The molecule has 0 saturated heterocycles. The van der Waals surface area contributed by atoms with Gasteiger partial charge >= 0.3 is 0 Å². The van der Waals surface area contributed by atoms with Crippen LogP contribution in [-0.4, -0.2) is 44.9 Å². The van der Waals surface area contributed by atoms with Gasteiger partial charge in [-0.05, 0) is 13.8 Å². The third-order valence-corrected chi connectivity index (χ3v) is 2.93. The molecule has 0 bridgehead atoms. The normalized spacial score (nSPS) is 15.1. The second-order valence-corrected chi connectivity index (χ2v) is 4.93. The van der Waals surface area contributed by atoms with E-state index < -0.39 is 0 Å². The zero-order valence-corrected chi connectivity index (χ0v) is 10.9. The molecule has 1 aromatic heterocycles. The molecule has 0 atom stereocenters. The van der Waals surface area contributed by atoms with Crippen molar-refractivity contribution < 1.29 is 9.90 Å². The van der Waals surface area contributed by atoms with Crippen LogP contribution in [0.3, 0.4) is 0 Å². The Morgan fingerprint density at radius 1 is 1.56 bits per heavy atom. The second kappa shape index (κ2) is 5.49. The standard InChI is InChI=1S/C12H20N4O2/c1-9(2)14-12(18)8-15-6-10-5-13-16(3-4-17)11(10)7-15/h5,9,17H,3-4,6-8H2,1-2H3,(H,14,18). The summed E-state index contributed by atoms with van der Waals surface area (Å²) in [7, 11) is 0. The van der Waals surface area contributed by atoms with E-state index in [-0.39, 0.29) is 18.6 Å². The Bertz CT molecular complexity index is 428. The van der Waals surface area contributed by atoms with Crippen LogP contribution in [-0.2, 0) is 24.4 Å². The Morgan fingerprint density at radius 3 is 3.00 bits per heavy atom. The van der Waals surface area contributed by atoms with Gasteiger partial charge in [-0.1, -0.05) is 0 Å². The van der Waals surface area contributed by atoms with Gasteiger partial charge in [0, 0.05) is 24.7 Å². The smallest absolute Gasteiger partial charge is 0.234 e. The third kappa shape index (κ3) is 2.88. The minimum absolute atomic E-state index is 0.0526. The molecule has 0 aromatic carbocycles. The minimum atomic E-state index is 0.0526. The van der Waals surface area contributed by atoms with Crippen LogP contribution in [0.1, 0.15) is 25.1 Å². The molecule has 0 unspecified atom stereocenters. The summed E-state index contributed by atoms with van der Waals surface area (Å²) >= 11 is 0. The summed E-state index contributed by atoms with van der Waals surface area (Å²) in [6.45, 7) is 6.40. The second-order valence-electron chi connectivity index (χ2n) is 4.93. The fourth-order valence-corrected chi connectivity index (χ4v) is 2.24. The Hall–Kier alpha value is -1.40. The van der Waals surface area contributed by atoms with E-state index in [9.17, 15) is 4.79 Å². The minimum Gasteiger partial charge on any atom is -0.394 e. The number of carbonyl (C=O) groups is 1. The molecule has 2 N–H and O–H groups in total. The van der Waals surface area contributed by atoms with E-state index in [1.165, 1.54) is 0 Å². The molecule has 0 spiro atoms. The van der Waals surface area contributed by atoms with Gasteiger partial charge in [0.1, 0.15) is 0 Å². The summed E-state index contributed by atoms with van der Waals surface area (Å²) in [5.41, 5.74) is 2.27. The lowest BCUT2D eigenvalue weighted by Crippen LogP contribution is -2.38. The van der Waals surface area contributed by atoms with Crippen LogP contribution in [0.5, 0.6) is 0 Å². The number of fused-ring (bicyclic) bond motifs is 1. The Balaban J connectivity index is 1.91. The highest BCUT2D eigenvalue weighted by Crippen LogP contribution is 2.21. The average Bonchev–Trinajstić information content (AvgIpc) is 2.79. The molecule has 1 aromatic rings. The molecular weight excluding hydrogens is 232 g/mol. The monoisotopic (exact) mass is 252 g/mol. The highest BCUT2D eigenvalue weighted by molar-refractivity contribution is 5.78. The van der Waals surface area contributed by atoms with Crippen LogP contribution in [0.15, 0.2) is 6.20 Å². The number of nitrogens with one attached hydrogen (secondary N) is 1. The number of rotatable bonds is 5. The fourth-order valence-electron chi connectivity index (χ4n) is 2.24. The molecule has 1 aliphatic heterocycles. The average molecular weight is 252 g/mol. The largest absolute Gasteiger partial charge is 0.394 e. The maximum absolute atomic E-state index is 11.7. The van der Waals surface area contributed by atoms with Crippen molar-refractivity contribution in [3.05, 3.63) is 17.5 Å². The van der Waals surface area contributed by atoms with E-state index in [1.807, 2.05) is 24.7 Å². The van der Waals surface area contributed by atoms with Crippen LogP contribution in [0.25, 0.3) is 0 Å². The predicted molar refractivity (Wildman–Crippen MR) is 66.7 cm³/mol. The van der Waals surface area contributed by atoms with Crippen LogP contribution >= 0.6 is 0 Å². The molecule has 6 nitrogen and oxygen atoms in total. The van der Waals surface area contributed by atoms with Gasteiger partial charge in [-0.25, -0.2) is 0 Å². The van der Waals surface area contributed by atoms with Gasteiger partial charge in [0.2, 0.25) is 5.91 Å². The maximum atomic E-state index is 11.7. The van der Waals surface area contributed by atoms with Crippen molar-refractivity contribution in [2.24, 2.45) is 0 Å². The van der Waals surface area contributed by atoms with Crippen molar-refractivity contribution in [1.82, 2.24) is 20.0 Å². The van der Waals surface area contributed by atoms with E-state index in [0.717, 1.165) is 24.3 Å². The molecule has 0 radical (unpaired) electrons. The molecule has 0 saturated carbocycles. The summed E-state index contributed by atoms with van der Waals surface area (Å²) in [4.78, 5) is 13.8. The molecule has 1 aliphatic rings. The first-order valence-corrected chi connectivity index (χ1v) is 6.26. The molecule has 1 amide bonds. The van der Waals surface area contributed by atoms with Gasteiger partial charge in [0.25, 0.3) is 0 Å². The van der Waals surface area contributed by atoms with E-state index >= 15 is 0 Å². The van der Waals surface area contributed by atoms with Crippen molar-refractivity contribution in [3.63, 3.8) is 0 Å². The summed E-state index contributed by atoms with van der Waals surface area (Å²) in [5, 5.41) is 16.0. The first-order chi connectivity index (χ1) is 8.60. The lowest BCUT2D eigenvalue weighted by molar-refractivity contribution is -0.122. The lowest BCUT2D eigenvalue weighted by atomic mass is 10.3. The Kier molecular flexibility index (Phi) is 3.98. The predicted octanol–water partition coefficient (Wildman–Crippen LogP) is -0.284. The van der Waals surface area contributed by atoms with Crippen molar-refractivity contribution in [3.8, 4) is 0 Å². The molecule has 100 valence electrons. The number of aromatic nitrogens is 2. The summed E-state index contributed by atoms with van der Waals surface area (Å²) in [5.74, 6) is 0.0526. The van der Waals surface area contributed by atoms with Gasteiger partial charge in [-0.15, -0.1) is 0 Å². The van der Waals surface area contributed by atoms with Crippen molar-refractivity contribution >= 4 is 5.91 Å². The third-order valence-electron chi connectivity index (χ3n) is 2.93. The topological polar surface area (TPSA) is 70.4 Å². The van der Waals surface area contributed by atoms with Crippen LogP contribution in [0, 0.1) is 0 Å². The number of amides is 1. The summed E-state index contributed by atoms with van der Waals surface area (Å²) in [6, 6.07) is 0.173. The van der Waals surface area contributed by atoms with E-state index in [0.29, 0.717) is 13.1 Å². The lowest BCUT2D eigenvalue weighted by Gasteiger charge is -2.16. The highest BCUT2D eigenvalue weighted by atomic mass is 16.3. The van der Waals surface area contributed by atoms with Crippen molar-refractivity contribution in [2.75, 3.05) is 13.2 Å². The number of aliphatic hydroxyl groups excluding tert-OH is 1. The van der Waals surface area contributed by atoms with Gasteiger partial charge in [-0.3, -0.25) is 14.4 Å². The zero-order valence-electron chi connectivity index (χ0n) is 10.9. The van der Waals surface area contributed by atoms with Gasteiger partial charge in [0.05, 0.1) is 31.6 Å². The molecule has 18 heavy (non-hydrogen) atoms. The number of aliphatic hydroxyl groups is 1. The highest BCUT2D eigenvalue weighted by Gasteiger charge is 2.24. The maximum Gasteiger partial charge on any atom is 0.234 e. The SMILES string of the molecule is CC(C)NC(=O)CN1Cc2cnn(CCO)c2C1. The molecule has 2 heterocycles. The van der Waals surface area contributed by atoms with Gasteiger partial charge in [0.15, 0.2) is 0 Å².